The number of piperidine rings is 1. The highest BCUT2D eigenvalue weighted by Crippen LogP contribution is 2.51. The van der Waals surface area contributed by atoms with Crippen LogP contribution in [0, 0.1) is 17.8 Å². The van der Waals surface area contributed by atoms with Crippen LogP contribution >= 0.6 is 0 Å². The average molecular weight is 581 g/mol. The SMILES string of the molecule is CC(C)[C@H]1CO[C@]23CC[C@H](N(Cc4ccc(C(F)(F)F)nc4)CC4CN(C(=O)OC(C)(C)C)C4)C[C@H]2CCC(=O)N13. The number of amides is 2. The number of hydrogen-bond acceptors (Lipinski definition) is 6. The molecule has 3 saturated heterocycles. The fourth-order valence-electron chi connectivity index (χ4n) is 7.10. The van der Waals surface area contributed by atoms with Gasteiger partial charge in [-0.15, -0.1) is 0 Å². The number of pyridine rings is 1. The van der Waals surface area contributed by atoms with Crippen molar-refractivity contribution in [1.82, 2.24) is 19.7 Å². The highest BCUT2D eigenvalue weighted by atomic mass is 19.4. The standard InChI is InChI=1S/C30H43F3N4O4/c1-19(2)24-18-40-29-11-10-23(12-22(29)7-9-26(38)37(24)29)35(14-20-6-8-25(34-13-20)30(31,32)33)15-21-16-36(17-21)27(39)41-28(3,4)5/h6,8,13,19,21-24H,7,9-12,14-18H2,1-5H3/t22-,23+,24-,29-/m1/s1. The van der Waals surface area contributed by atoms with E-state index in [1.165, 1.54) is 12.3 Å². The first kappa shape index (κ1) is 30.1. The molecule has 0 bridgehead atoms. The van der Waals surface area contributed by atoms with Crippen LogP contribution in [0.4, 0.5) is 18.0 Å². The summed E-state index contributed by atoms with van der Waals surface area (Å²) in [4.78, 5) is 35.3. The molecule has 228 valence electrons. The Morgan fingerprint density at radius 2 is 1.95 bits per heavy atom. The molecule has 8 nitrogen and oxygen atoms in total. The first-order chi connectivity index (χ1) is 19.2. The summed E-state index contributed by atoms with van der Waals surface area (Å²) in [6.45, 7) is 12.7. The molecule has 0 aromatic carbocycles. The van der Waals surface area contributed by atoms with Gasteiger partial charge in [0.25, 0.3) is 0 Å². The predicted octanol–water partition coefficient (Wildman–Crippen LogP) is 5.31. The van der Waals surface area contributed by atoms with Gasteiger partial charge in [-0.3, -0.25) is 14.7 Å². The van der Waals surface area contributed by atoms with E-state index in [1.54, 1.807) is 4.90 Å². The molecule has 1 aromatic rings. The Balaban J connectivity index is 1.31. The first-order valence-electron chi connectivity index (χ1n) is 14.9. The fraction of sp³-hybridized carbons (Fsp3) is 0.767. The number of carbonyl (C=O) groups is 2. The number of hydrogen-bond donors (Lipinski definition) is 0. The Kier molecular flexibility index (Phi) is 8.08. The zero-order valence-corrected chi connectivity index (χ0v) is 24.7. The lowest BCUT2D eigenvalue weighted by molar-refractivity contribution is -0.192. The second-order valence-electron chi connectivity index (χ2n) is 13.6. The summed E-state index contributed by atoms with van der Waals surface area (Å²) in [6.07, 6.45) is 0.233. The molecule has 0 N–H and O–H groups in total. The second-order valence-corrected chi connectivity index (χ2v) is 13.6. The van der Waals surface area contributed by atoms with E-state index < -0.39 is 23.2 Å². The molecule has 11 heteroatoms. The minimum Gasteiger partial charge on any atom is -0.444 e. The van der Waals surface area contributed by atoms with Crippen LogP contribution in [-0.4, -0.2) is 81.3 Å². The normalized spacial score (nSPS) is 29.0. The van der Waals surface area contributed by atoms with Crippen LogP contribution in [0.25, 0.3) is 0 Å². The van der Waals surface area contributed by atoms with E-state index in [9.17, 15) is 22.8 Å². The quantitative estimate of drug-likeness (QED) is 0.454. The maximum atomic E-state index is 13.1. The molecule has 1 aromatic heterocycles. The van der Waals surface area contributed by atoms with Crippen LogP contribution < -0.4 is 0 Å². The molecule has 4 fully saturated rings. The molecule has 4 aliphatic rings. The smallest absolute Gasteiger partial charge is 0.433 e. The molecule has 5 rings (SSSR count). The third-order valence-electron chi connectivity index (χ3n) is 9.14. The number of rotatable bonds is 6. The van der Waals surface area contributed by atoms with Gasteiger partial charge < -0.3 is 19.3 Å². The van der Waals surface area contributed by atoms with Gasteiger partial charge in [0.2, 0.25) is 5.91 Å². The number of alkyl halides is 3. The minimum atomic E-state index is -4.48. The van der Waals surface area contributed by atoms with Gasteiger partial charge in [-0.05, 0) is 64.0 Å². The van der Waals surface area contributed by atoms with E-state index in [0.29, 0.717) is 45.1 Å². The molecular formula is C30H43F3N4O4. The molecular weight excluding hydrogens is 537 g/mol. The van der Waals surface area contributed by atoms with Gasteiger partial charge in [0.1, 0.15) is 17.0 Å². The summed E-state index contributed by atoms with van der Waals surface area (Å²) in [5.41, 5.74) is -1.29. The number of aromatic nitrogens is 1. The van der Waals surface area contributed by atoms with Crippen LogP contribution in [0.1, 0.15) is 78.0 Å². The van der Waals surface area contributed by atoms with Gasteiger partial charge in [-0.2, -0.15) is 13.2 Å². The van der Waals surface area contributed by atoms with Crippen LogP contribution in [0.3, 0.4) is 0 Å². The van der Waals surface area contributed by atoms with Gasteiger partial charge in [-0.1, -0.05) is 19.9 Å². The number of nitrogens with zero attached hydrogens (tertiary/aromatic N) is 4. The second kappa shape index (κ2) is 11.0. The topological polar surface area (TPSA) is 75.2 Å². The van der Waals surface area contributed by atoms with Crippen LogP contribution in [0.5, 0.6) is 0 Å². The summed E-state index contributed by atoms with van der Waals surface area (Å²) in [6, 6.07) is 2.82. The molecule has 4 heterocycles. The van der Waals surface area contributed by atoms with Gasteiger partial charge in [0, 0.05) is 56.7 Å². The molecule has 3 aliphatic heterocycles. The van der Waals surface area contributed by atoms with Crippen molar-refractivity contribution in [2.24, 2.45) is 17.8 Å². The summed E-state index contributed by atoms with van der Waals surface area (Å²) in [5, 5.41) is 0. The highest BCUT2D eigenvalue weighted by Gasteiger charge is 2.59. The number of carbonyl (C=O) groups excluding carboxylic acids is 2. The fourth-order valence-corrected chi connectivity index (χ4v) is 7.10. The van der Waals surface area contributed by atoms with Gasteiger partial charge >= 0.3 is 12.3 Å². The number of ether oxygens (including phenoxy) is 2. The van der Waals surface area contributed by atoms with E-state index >= 15 is 0 Å². The third kappa shape index (κ3) is 6.21. The maximum Gasteiger partial charge on any atom is 0.433 e. The van der Waals surface area contributed by atoms with Crippen molar-refractivity contribution in [2.75, 3.05) is 26.2 Å². The Labute approximate surface area is 240 Å². The van der Waals surface area contributed by atoms with Crippen LogP contribution in [0.2, 0.25) is 0 Å². The van der Waals surface area contributed by atoms with Crippen molar-refractivity contribution in [2.45, 2.75) is 103 Å². The van der Waals surface area contributed by atoms with Crippen molar-refractivity contribution in [3.63, 3.8) is 0 Å². The van der Waals surface area contributed by atoms with Crippen LogP contribution in [0.15, 0.2) is 18.3 Å². The van der Waals surface area contributed by atoms with Crippen molar-refractivity contribution in [3.05, 3.63) is 29.6 Å². The lowest BCUT2D eigenvalue weighted by atomic mass is 9.72. The Morgan fingerprint density at radius 3 is 2.56 bits per heavy atom. The van der Waals surface area contributed by atoms with Crippen LogP contribution in [-0.2, 0) is 27.0 Å². The molecule has 1 aliphatic carbocycles. The molecule has 0 radical (unpaired) electrons. The van der Waals surface area contributed by atoms with Crippen molar-refractivity contribution in [1.29, 1.82) is 0 Å². The largest absolute Gasteiger partial charge is 0.444 e. The third-order valence-corrected chi connectivity index (χ3v) is 9.14. The predicted molar refractivity (Wildman–Crippen MR) is 145 cm³/mol. The highest BCUT2D eigenvalue weighted by molar-refractivity contribution is 5.78. The van der Waals surface area contributed by atoms with E-state index in [1.807, 2.05) is 20.8 Å². The zero-order valence-electron chi connectivity index (χ0n) is 24.7. The van der Waals surface area contributed by atoms with Crippen molar-refractivity contribution in [3.8, 4) is 0 Å². The number of likely N-dealkylation sites (tertiary alicyclic amines) is 1. The zero-order chi connectivity index (χ0) is 29.7. The lowest BCUT2D eigenvalue weighted by Crippen LogP contribution is -2.63. The van der Waals surface area contributed by atoms with Crippen molar-refractivity contribution < 1.29 is 32.2 Å². The monoisotopic (exact) mass is 580 g/mol. The van der Waals surface area contributed by atoms with E-state index in [0.717, 1.165) is 37.3 Å². The summed E-state index contributed by atoms with van der Waals surface area (Å²) < 4.78 is 51.3. The van der Waals surface area contributed by atoms with E-state index in [4.69, 9.17) is 9.47 Å². The maximum absolute atomic E-state index is 13.1. The lowest BCUT2D eigenvalue weighted by Gasteiger charge is -2.54. The molecule has 2 amide bonds. The van der Waals surface area contributed by atoms with Crippen molar-refractivity contribution >= 4 is 12.0 Å². The Bertz CT molecular complexity index is 1120. The van der Waals surface area contributed by atoms with Gasteiger partial charge in [0.05, 0.1) is 12.6 Å². The molecule has 0 unspecified atom stereocenters. The average Bonchev–Trinajstić information content (AvgIpc) is 3.24. The molecule has 1 saturated carbocycles. The molecule has 41 heavy (non-hydrogen) atoms. The van der Waals surface area contributed by atoms with E-state index in [-0.39, 0.29) is 35.9 Å². The Hall–Kier alpha value is -2.40. The summed E-state index contributed by atoms with van der Waals surface area (Å²) >= 11 is 0. The number of halogens is 3. The Morgan fingerprint density at radius 1 is 1.22 bits per heavy atom. The minimum absolute atomic E-state index is 0.0880. The molecule has 1 spiro atoms. The van der Waals surface area contributed by atoms with E-state index in [2.05, 4.69) is 28.6 Å². The van der Waals surface area contributed by atoms with Gasteiger partial charge in [-0.25, -0.2) is 4.79 Å². The molecule has 4 atom stereocenters. The summed E-state index contributed by atoms with van der Waals surface area (Å²) in [7, 11) is 0. The van der Waals surface area contributed by atoms with Gasteiger partial charge in [0.15, 0.2) is 0 Å². The summed E-state index contributed by atoms with van der Waals surface area (Å²) in [5.74, 6) is 0.930. The first-order valence-corrected chi connectivity index (χ1v) is 14.9.